The highest BCUT2D eigenvalue weighted by Crippen LogP contribution is 2.15. The fourth-order valence-electron chi connectivity index (χ4n) is 1.27. The number of carbonyl (C=O) groups is 1. The molecule has 15 heavy (non-hydrogen) atoms. The first-order chi connectivity index (χ1) is 6.99. The molecule has 0 aromatic carbocycles. The van der Waals surface area contributed by atoms with Crippen molar-refractivity contribution in [2.24, 2.45) is 0 Å². The highest BCUT2D eigenvalue weighted by molar-refractivity contribution is 5.74. The van der Waals surface area contributed by atoms with Gasteiger partial charge in [-0.15, -0.1) is 0 Å². The Labute approximate surface area is 87.6 Å². The van der Waals surface area contributed by atoms with Gasteiger partial charge in [0, 0.05) is 26.1 Å². The van der Waals surface area contributed by atoms with E-state index in [9.17, 15) is 13.6 Å². The Balaban J connectivity index is 2.17. The number of nitrogens with zero attached hydrogens (tertiary/aromatic N) is 1. The van der Waals surface area contributed by atoms with E-state index in [0.29, 0.717) is 26.3 Å². The summed E-state index contributed by atoms with van der Waals surface area (Å²) in [6.07, 6.45) is -0.330. The number of nitrogens with one attached hydrogen (secondary N) is 1. The Hall–Kier alpha value is -0.910. The zero-order chi connectivity index (χ0) is 11.3. The van der Waals surface area contributed by atoms with Gasteiger partial charge in [0.05, 0.1) is 13.2 Å². The molecule has 0 aromatic heterocycles. The lowest BCUT2D eigenvalue weighted by Crippen LogP contribution is -2.46. The smallest absolute Gasteiger partial charge is 0.317 e. The average molecular weight is 222 g/mol. The molecular weight excluding hydrogens is 206 g/mol. The second-order valence-corrected chi connectivity index (χ2v) is 3.65. The Morgan fingerprint density at radius 3 is 2.60 bits per heavy atom. The van der Waals surface area contributed by atoms with Gasteiger partial charge in [-0.05, 0) is 6.92 Å². The number of alkyl halides is 2. The Morgan fingerprint density at radius 1 is 1.47 bits per heavy atom. The maximum Gasteiger partial charge on any atom is 0.317 e. The van der Waals surface area contributed by atoms with E-state index in [1.54, 1.807) is 4.90 Å². The van der Waals surface area contributed by atoms with Gasteiger partial charge in [0.1, 0.15) is 0 Å². The Morgan fingerprint density at radius 2 is 2.07 bits per heavy atom. The minimum absolute atomic E-state index is 0.000307. The molecule has 1 fully saturated rings. The van der Waals surface area contributed by atoms with Crippen molar-refractivity contribution in [3.8, 4) is 0 Å². The number of hydrogen-bond donors (Lipinski definition) is 1. The first kappa shape index (κ1) is 12.2. The van der Waals surface area contributed by atoms with Crippen LogP contribution in [0.2, 0.25) is 0 Å². The van der Waals surface area contributed by atoms with Crippen LogP contribution in [0.15, 0.2) is 0 Å². The lowest BCUT2D eigenvalue weighted by atomic mass is 10.3. The molecule has 2 amide bonds. The normalized spacial score (nSPS) is 17.7. The van der Waals surface area contributed by atoms with Crippen molar-refractivity contribution in [3.05, 3.63) is 0 Å². The summed E-state index contributed by atoms with van der Waals surface area (Å²) in [4.78, 5) is 13.0. The summed E-state index contributed by atoms with van der Waals surface area (Å²) in [7, 11) is 0. The van der Waals surface area contributed by atoms with Crippen LogP contribution in [0, 0.1) is 0 Å². The first-order valence-electron chi connectivity index (χ1n) is 4.97. The molecule has 1 aliphatic heterocycles. The van der Waals surface area contributed by atoms with Crippen molar-refractivity contribution in [1.29, 1.82) is 0 Å². The lowest BCUT2D eigenvalue weighted by Gasteiger charge is -2.27. The summed E-state index contributed by atoms with van der Waals surface area (Å²) in [6.45, 7) is 2.91. The molecule has 0 aliphatic carbocycles. The molecule has 1 saturated heterocycles. The summed E-state index contributed by atoms with van der Waals surface area (Å²) in [5, 5.41) is 2.46. The molecule has 0 saturated carbocycles. The third-order valence-electron chi connectivity index (χ3n) is 2.14. The number of morpholine rings is 1. The largest absolute Gasteiger partial charge is 0.378 e. The third-order valence-corrected chi connectivity index (χ3v) is 2.14. The van der Waals surface area contributed by atoms with Crippen LogP contribution in [0.1, 0.15) is 13.3 Å². The van der Waals surface area contributed by atoms with Crippen LogP contribution in [0.5, 0.6) is 0 Å². The molecule has 1 heterocycles. The molecule has 0 bridgehead atoms. The molecule has 0 atom stereocenters. The summed E-state index contributed by atoms with van der Waals surface area (Å²) in [5.41, 5.74) is 0. The summed E-state index contributed by atoms with van der Waals surface area (Å²) < 4.78 is 29.9. The van der Waals surface area contributed by atoms with Crippen molar-refractivity contribution >= 4 is 6.03 Å². The van der Waals surface area contributed by atoms with Gasteiger partial charge in [-0.1, -0.05) is 0 Å². The summed E-state index contributed by atoms with van der Waals surface area (Å²) in [5.74, 6) is -2.72. The monoisotopic (exact) mass is 222 g/mol. The second-order valence-electron chi connectivity index (χ2n) is 3.65. The summed E-state index contributed by atoms with van der Waals surface area (Å²) in [6, 6.07) is -0.289. The fourth-order valence-corrected chi connectivity index (χ4v) is 1.27. The van der Waals surface area contributed by atoms with Crippen LogP contribution < -0.4 is 5.32 Å². The SMILES string of the molecule is CC(F)(F)CCNC(=O)N1CCOCC1. The molecule has 0 spiro atoms. The van der Waals surface area contributed by atoms with Crippen LogP contribution in [0.4, 0.5) is 13.6 Å². The quantitative estimate of drug-likeness (QED) is 0.776. The molecular formula is C9H16F2N2O2. The van der Waals surface area contributed by atoms with E-state index < -0.39 is 5.92 Å². The molecule has 0 aromatic rings. The van der Waals surface area contributed by atoms with E-state index in [-0.39, 0.29) is 19.0 Å². The molecule has 0 unspecified atom stereocenters. The number of carbonyl (C=O) groups excluding carboxylic acids is 1. The molecule has 0 radical (unpaired) electrons. The molecule has 6 heteroatoms. The van der Waals surface area contributed by atoms with Gasteiger partial charge in [0.2, 0.25) is 5.92 Å². The van der Waals surface area contributed by atoms with Gasteiger partial charge in [-0.2, -0.15) is 0 Å². The minimum Gasteiger partial charge on any atom is -0.378 e. The lowest BCUT2D eigenvalue weighted by molar-refractivity contribution is 0.0131. The number of ether oxygens (including phenoxy) is 1. The number of urea groups is 1. The van der Waals surface area contributed by atoms with Crippen LogP contribution in [0.25, 0.3) is 0 Å². The van der Waals surface area contributed by atoms with Crippen molar-refractivity contribution in [2.75, 3.05) is 32.8 Å². The van der Waals surface area contributed by atoms with Gasteiger partial charge in [-0.3, -0.25) is 0 Å². The molecule has 1 rings (SSSR count). The van der Waals surface area contributed by atoms with Crippen molar-refractivity contribution in [3.63, 3.8) is 0 Å². The molecule has 88 valence electrons. The van der Waals surface area contributed by atoms with Crippen molar-refractivity contribution in [2.45, 2.75) is 19.3 Å². The molecule has 1 N–H and O–H groups in total. The van der Waals surface area contributed by atoms with Gasteiger partial charge in [0.15, 0.2) is 0 Å². The number of rotatable bonds is 3. The van der Waals surface area contributed by atoms with Gasteiger partial charge >= 0.3 is 6.03 Å². The van der Waals surface area contributed by atoms with Crippen LogP contribution in [-0.2, 0) is 4.74 Å². The van der Waals surface area contributed by atoms with E-state index in [2.05, 4.69) is 5.32 Å². The highest BCUT2D eigenvalue weighted by atomic mass is 19.3. The van der Waals surface area contributed by atoms with Gasteiger partial charge in [-0.25, -0.2) is 13.6 Å². The van der Waals surface area contributed by atoms with E-state index >= 15 is 0 Å². The highest BCUT2D eigenvalue weighted by Gasteiger charge is 2.22. The Kier molecular flexibility index (Phi) is 4.26. The number of amides is 2. The zero-order valence-electron chi connectivity index (χ0n) is 8.76. The minimum atomic E-state index is -2.72. The Bertz CT molecular complexity index is 213. The molecule has 4 nitrogen and oxygen atoms in total. The van der Waals surface area contributed by atoms with Gasteiger partial charge in [0.25, 0.3) is 0 Å². The van der Waals surface area contributed by atoms with E-state index in [1.807, 2.05) is 0 Å². The average Bonchev–Trinajstić information content (AvgIpc) is 2.17. The number of hydrogen-bond acceptors (Lipinski definition) is 2. The predicted molar refractivity (Wildman–Crippen MR) is 51.0 cm³/mol. The maximum absolute atomic E-state index is 12.4. The van der Waals surface area contributed by atoms with E-state index in [4.69, 9.17) is 4.74 Å². The van der Waals surface area contributed by atoms with Crippen LogP contribution in [-0.4, -0.2) is 49.7 Å². The van der Waals surface area contributed by atoms with E-state index in [0.717, 1.165) is 6.92 Å². The zero-order valence-corrected chi connectivity index (χ0v) is 8.76. The number of halogens is 2. The molecule has 1 aliphatic rings. The van der Waals surface area contributed by atoms with Gasteiger partial charge < -0.3 is 15.0 Å². The van der Waals surface area contributed by atoms with Crippen molar-refractivity contribution in [1.82, 2.24) is 10.2 Å². The topological polar surface area (TPSA) is 41.6 Å². The standard InChI is InChI=1S/C9H16F2N2O2/c1-9(10,11)2-3-12-8(14)13-4-6-15-7-5-13/h2-7H2,1H3,(H,12,14). The van der Waals surface area contributed by atoms with Crippen LogP contribution in [0.3, 0.4) is 0 Å². The second kappa shape index (κ2) is 5.25. The first-order valence-corrected chi connectivity index (χ1v) is 4.97. The van der Waals surface area contributed by atoms with E-state index in [1.165, 1.54) is 0 Å². The maximum atomic E-state index is 12.4. The summed E-state index contributed by atoms with van der Waals surface area (Å²) >= 11 is 0. The van der Waals surface area contributed by atoms with Crippen LogP contribution >= 0.6 is 0 Å². The third kappa shape index (κ3) is 4.92. The van der Waals surface area contributed by atoms with Crippen molar-refractivity contribution < 1.29 is 18.3 Å². The predicted octanol–water partition coefficient (Wildman–Crippen LogP) is 1.07. The fraction of sp³-hybridized carbons (Fsp3) is 0.889.